The minimum absolute atomic E-state index is 0.0955. The maximum absolute atomic E-state index is 7.12. The summed E-state index contributed by atoms with van der Waals surface area (Å²) in [6.45, 7) is 5.01. The van der Waals surface area contributed by atoms with Crippen molar-refractivity contribution < 1.29 is 4.74 Å². The number of unbranched alkanes of at least 4 members (excludes halogenated alkanes) is 5. The lowest BCUT2D eigenvalue weighted by molar-refractivity contribution is 0.0677. The summed E-state index contributed by atoms with van der Waals surface area (Å²) >= 11 is 0. The van der Waals surface area contributed by atoms with Gasteiger partial charge in [-0.2, -0.15) is 0 Å². The molecule has 0 saturated carbocycles. The third kappa shape index (κ3) is 11.4. The van der Waals surface area contributed by atoms with Crippen molar-refractivity contribution in [3.8, 4) is 0 Å². The van der Waals surface area contributed by atoms with Crippen LogP contribution in [0.5, 0.6) is 0 Å². The van der Waals surface area contributed by atoms with E-state index in [1.807, 2.05) is 6.92 Å². The molecule has 90 valence electrons. The van der Waals surface area contributed by atoms with Gasteiger partial charge in [-0.3, -0.25) is 5.41 Å². The molecule has 15 heavy (non-hydrogen) atoms. The summed E-state index contributed by atoms with van der Waals surface area (Å²) < 4.78 is 5.54. The van der Waals surface area contributed by atoms with Crippen molar-refractivity contribution in [1.29, 1.82) is 5.41 Å². The van der Waals surface area contributed by atoms with Crippen LogP contribution in [0.3, 0.4) is 0 Å². The molecule has 0 aromatic rings. The SMILES string of the molecule is CCCCCCCCOC(C)CC(=N)N. The minimum Gasteiger partial charge on any atom is -0.388 e. The zero-order valence-electron chi connectivity index (χ0n) is 10.2. The average Bonchev–Trinajstić information content (AvgIpc) is 2.15. The lowest BCUT2D eigenvalue weighted by atomic mass is 10.1. The van der Waals surface area contributed by atoms with E-state index in [0.29, 0.717) is 6.42 Å². The highest BCUT2D eigenvalue weighted by Gasteiger charge is 2.02. The second kappa shape index (κ2) is 9.97. The lowest BCUT2D eigenvalue weighted by Gasteiger charge is -2.11. The number of hydrogen-bond donors (Lipinski definition) is 2. The molecule has 3 N–H and O–H groups in total. The maximum atomic E-state index is 7.12. The van der Waals surface area contributed by atoms with E-state index in [1.54, 1.807) is 0 Å². The summed E-state index contributed by atoms with van der Waals surface area (Å²) in [4.78, 5) is 0. The zero-order valence-corrected chi connectivity index (χ0v) is 10.2. The molecule has 0 aromatic carbocycles. The first kappa shape index (κ1) is 14.4. The number of rotatable bonds is 10. The molecular weight excluding hydrogens is 188 g/mol. The maximum Gasteiger partial charge on any atom is 0.0931 e. The Morgan fingerprint density at radius 2 is 1.80 bits per heavy atom. The van der Waals surface area contributed by atoms with Crippen LogP contribution in [0, 0.1) is 5.41 Å². The van der Waals surface area contributed by atoms with Crippen molar-refractivity contribution in [2.45, 2.75) is 64.9 Å². The van der Waals surface area contributed by atoms with E-state index in [-0.39, 0.29) is 11.9 Å². The van der Waals surface area contributed by atoms with Gasteiger partial charge in [0.15, 0.2) is 0 Å². The molecule has 0 rings (SSSR count). The molecule has 0 saturated heterocycles. The predicted molar refractivity (Wildman–Crippen MR) is 65.3 cm³/mol. The fourth-order valence-electron chi connectivity index (χ4n) is 1.54. The van der Waals surface area contributed by atoms with Gasteiger partial charge in [0, 0.05) is 13.0 Å². The first-order chi connectivity index (χ1) is 7.16. The van der Waals surface area contributed by atoms with Gasteiger partial charge in [0.1, 0.15) is 0 Å². The van der Waals surface area contributed by atoms with Crippen LogP contribution >= 0.6 is 0 Å². The van der Waals surface area contributed by atoms with E-state index in [2.05, 4.69) is 6.92 Å². The Balaban J connectivity index is 3.13. The quantitative estimate of drug-likeness (QED) is 0.333. The molecule has 0 radical (unpaired) electrons. The average molecular weight is 214 g/mol. The molecule has 1 atom stereocenters. The van der Waals surface area contributed by atoms with Crippen LogP contribution in [0.15, 0.2) is 0 Å². The fraction of sp³-hybridized carbons (Fsp3) is 0.917. The first-order valence-corrected chi connectivity index (χ1v) is 6.11. The molecule has 3 nitrogen and oxygen atoms in total. The minimum atomic E-state index is 0.0955. The van der Waals surface area contributed by atoms with Crippen molar-refractivity contribution in [1.82, 2.24) is 0 Å². The Morgan fingerprint density at radius 3 is 2.40 bits per heavy atom. The molecule has 0 aliphatic carbocycles. The normalized spacial score (nSPS) is 12.7. The van der Waals surface area contributed by atoms with Crippen LogP contribution in [0.25, 0.3) is 0 Å². The molecule has 3 heteroatoms. The largest absolute Gasteiger partial charge is 0.388 e. The van der Waals surface area contributed by atoms with Crippen molar-refractivity contribution in [2.24, 2.45) is 5.73 Å². The molecule has 0 aliphatic heterocycles. The molecule has 0 bridgehead atoms. The molecule has 1 unspecified atom stereocenters. The Morgan fingerprint density at radius 1 is 1.20 bits per heavy atom. The smallest absolute Gasteiger partial charge is 0.0931 e. The van der Waals surface area contributed by atoms with Gasteiger partial charge >= 0.3 is 0 Å². The monoisotopic (exact) mass is 214 g/mol. The highest BCUT2D eigenvalue weighted by atomic mass is 16.5. The number of nitrogens with two attached hydrogens (primary N) is 1. The first-order valence-electron chi connectivity index (χ1n) is 6.11. The van der Waals surface area contributed by atoms with Gasteiger partial charge < -0.3 is 10.5 Å². The van der Waals surface area contributed by atoms with E-state index in [0.717, 1.165) is 13.0 Å². The highest BCUT2D eigenvalue weighted by molar-refractivity contribution is 5.77. The topological polar surface area (TPSA) is 59.1 Å². The van der Waals surface area contributed by atoms with Crippen LogP contribution in [-0.2, 0) is 4.74 Å². The van der Waals surface area contributed by atoms with Gasteiger partial charge in [-0.1, -0.05) is 39.0 Å². The van der Waals surface area contributed by atoms with E-state index in [1.165, 1.54) is 32.1 Å². The summed E-state index contributed by atoms with van der Waals surface area (Å²) in [5.74, 6) is 0.213. The summed E-state index contributed by atoms with van der Waals surface area (Å²) in [5, 5.41) is 7.12. The van der Waals surface area contributed by atoms with E-state index in [9.17, 15) is 0 Å². The number of ether oxygens (including phenoxy) is 1. The van der Waals surface area contributed by atoms with Crippen molar-refractivity contribution in [3.05, 3.63) is 0 Å². The third-order valence-corrected chi connectivity index (χ3v) is 2.41. The third-order valence-electron chi connectivity index (χ3n) is 2.41. The van der Waals surface area contributed by atoms with Gasteiger partial charge in [0.2, 0.25) is 0 Å². The van der Waals surface area contributed by atoms with Crippen molar-refractivity contribution in [3.63, 3.8) is 0 Å². The Hall–Kier alpha value is -0.570. The second-order valence-electron chi connectivity index (χ2n) is 4.18. The number of amidine groups is 1. The van der Waals surface area contributed by atoms with Crippen LogP contribution < -0.4 is 5.73 Å². The fourth-order valence-corrected chi connectivity index (χ4v) is 1.54. The Bertz CT molecular complexity index is 160. The summed E-state index contributed by atoms with van der Waals surface area (Å²) in [7, 11) is 0. The standard InChI is InChI=1S/C12H26N2O/c1-3-4-5-6-7-8-9-15-11(2)10-12(13)14/h11H,3-10H2,1-2H3,(H3,13,14). The predicted octanol–water partition coefficient (Wildman–Crippen LogP) is 3.08. The van der Waals surface area contributed by atoms with Gasteiger partial charge in [0.05, 0.1) is 11.9 Å². The summed E-state index contributed by atoms with van der Waals surface area (Å²) in [5.41, 5.74) is 5.28. The van der Waals surface area contributed by atoms with Crippen LogP contribution in [0.1, 0.15) is 58.8 Å². The molecule has 0 aliphatic rings. The molecule has 0 heterocycles. The molecule has 0 amide bonds. The van der Waals surface area contributed by atoms with Crippen molar-refractivity contribution >= 4 is 5.84 Å². The van der Waals surface area contributed by atoms with Gasteiger partial charge in [-0.25, -0.2) is 0 Å². The number of hydrogen-bond acceptors (Lipinski definition) is 2. The van der Waals surface area contributed by atoms with Gasteiger partial charge in [0.25, 0.3) is 0 Å². The van der Waals surface area contributed by atoms with Crippen LogP contribution in [0.2, 0.25) is 0 Å². The highest BCUT2D eigenvalue weighted by Crippen LogP contribution is 2.06. The van der Waals surface area contributed by atoms with E-state index < -0.39 is 0 Å². The second-order valence-corrected chi connectivity index (χ2v) is 4.18. The zero-order chi connectivity index (χ0) is 11.5. The summed E-state index contributed by atoms with van der Waals surface area (Å²) in [6, 6.07) is 0. The number of nitrogens with one attached hydrogen (secondary N) is 1. The van der Waals surface area contributed by atoms with Crippen LogP contribution in [-0.4, -0.2) is 18.5 Å². The van der Waals surface area contributed by atoms with Gasteiger partial charge in [-0.15, -0.1) is 0 Å². The molecule has 0 fully saturated rings. The Labute approximate surface area is 93.9 Å². The van der Waals surface area contributed by atoms with E-state index >= 15 is 0 Å². The molecule has 0 spiro atoms. The van der Waals surface area contributed by atoms with Crippen LogP contribution in [0.4, 0.5) is 0 Å². The summed E-state index contributed by atoms with van der Waals surface area (Å²) in [6.07, 6.45) is 8.35. The van der Waals surface area contributed by atoms with E-state index in [4.69, 9.17) is 15.9 Å². The Kier molecular flexibility index (Phi) is 9.59. The van der Waals surface area contributed by atoms with Gasteiger partial charge in [-0.05, 0) is 13.3 Å². The lowest BCUT2D eigenvalue weighted by Crippen LogP contribution is -2.19. The molecular formula is C12H26N2O. The molecule has 0 aromatic heterocycles. The van der Waals surface area contributed by atoms with Crippen molar-refractivity contribution in [2.75, 3.05) is 6.61 Å².